The molecule has 0 bridgehead atoms. The van der Waals surface area contributed by atoms with Crippen LogP contribution in [-0.2, 0) is 20.0 Å². The Kier molecular flexibility index (Phi) is 4.42. The highest BCUT2D eigenvalue weighted by molar-refractivity contribution is 5.49. The molecule has 0 radical (unpaired) electrons. The van der Waals surface area contributed by atoms with E-state index in [0.717, 1.165) is 23.4 Å². The minimum Gasteiger partial charge on any atom is -0.496 e. The molecule has 7 nitrogen and oxygen atoms in total. The quantitative estimate of drug-likeness (QED) is 0.653. The maximum atomic E-state index is 10.9. The van der Waals surface area contributed by atoms with Gasteiger partial charge < -0.3 is 10.1 Å². The van der Waals surface area contributed by atoms with Gasteiger partial charge >= 0.3 is 0 Å². The van der Waals surface area contributed by atoms with Crippen LogP contribution in [0, 0.1) is 10.1 Å². The lowest BCUT2D eigenvalue weighted by Gasteiger charge is -2.07. The number of rotatable bonds is 6. The van der Waals surface area contributed by atoms with Crippen molar-refractivity contribution in [2.24, 2.45) is 7.05 Å². The summed E-state index contributed by atoms with van der Waals surface area (Å²) in [6, 6.07) is 4.73. The molecule has 0 aliphatic carbocycles. The van der Waals surface area contributed by atoms with Crippen LogP contribution in [0.25, 0.3) is 0 Å². The lowest BCUT2D eigenvalue weighted by Crippen LogP contribution is -2.02. The highest BCUT2D eigenvalue weighted by Gasteiger charge is 2.11. The molecule has 21 heavy (non-hydrogen) atoms. The number of nitro groups is 1. The summed E-state index contributed by atoms with van der Waals surface area (Å²) in [4.78, 5) is 10.5. The van der Waals surface area contributed by atoms with E-state index in [1.54, 1.807) is 10.7 Å². The van der Waals surface area contributed by atoms with Gasteiger partial charge in [0.25, 0.3) is 5.69 Å². The van der Waals surface area contributed by atoms with Gasteiger partial charge in [-0.1, -0.05) is 6.92 Å². The van der Waals surface area contributed by atoms with E-state index in [9.17, 15) is 10.1 Å². The molecule has 0 spiro atoms. The van der Waals surface area contributed by atoms with Crippen molar-refractivity contribution in [3.05, 3.63) is 45.8 Å². The first kappa shape index (κ1) is 14.8. The van der Waals surface area contributed by atoms with Crippen LogP contribution < -0.4 is 10.1 Å². The van der Waals surface area contributed by atoms with Crippen LogP contribution in [0.1, 0.15) is 18.2 Å². The summed E-state index contributed by atoms with van der Waals surface area (Å²) in [5, 5.41) is 18.5. The van der Waals surface area contributed by atoms with E-state index in [1.807, 2.05) is 20.2 Å². The van der Waals surface area contributed by atoms with Crippen LogP contribution in [0.2, 0.25) is 0 Å². The Morgan fingerprint density at radius 3 is 2.81 bits per heavy atom. The lowest BCUT2D eigenvalue weighted by atomic mass is 10.2. The second-order valence-corrected chi connectivity index (χ2v) is 4.67. The number of anilines is 1. The molecule has 0 aliphatic heterocycles. The highest BCUT2D eigenvalue weighted by Crippen LogP contribution is 2.23. The molecule has 0 fully saturated rings. The smallest absolute Gasteiger partial charge is 0.273 e. The molecule has 7 heteroatoms. The third-order valence-corrected chi connectivity index (χ3v) is 3.12. The Hall–Kier alpha value is -2.57. The molecular formula is C14H18N4O3. The number of aromatic nitrogens is 2. The Morgan fingerprint density at radius 2 is 2.19 bits per heavy atom. The average Bonchev–Trinajstić information content (AvgIpc) is 2.84. The third kappa shape index (κ3) is 3.50. The summed E-state index contributed by atoms with van der Waals surface area (Å²) in [6.45, 7) is 2.50. The van der Waals surface area contributed by atoms with E-state index in [2.05, 4.69) is 10.4 Å². The van der Waals surface area contributed by atoms with Gasteiger partial charge in [0.05, 0.1) is 29.5 Å². The van der Waals surface area contributed by atoms with Gasteiger partial charge in [0.2, 0.25) is 0 Å². The molecule has 0 amide bonds. The molecule has 1 aromatic carbocycles. The van der Waals surface area contributed by atoms with Gasteiger partial charge in [-0.15, -0.1) is 0 Å². The number of nitrogens with zero attached hydrogens (tertiary/aromatic N) is 3. The Labute approximate surface area is 122 Å². The molecule has 2 rings (SSSR count). The molecule has 1 aromatic heterocycles. The number of hydrogen-bond acceptors (Lipinski definition) is 5. The number of hydrogen-bond donors (Lipinski definition) is 1. The van der Waals surface area contributed by atoms with Gasteiger partial charge in [0, 0.05) is 25.9 Å². The summed E-state index contributed by atoms with van der Waals surface area (Å²) in [5.41, 5.74) is 2.71. The predicted molar refractivity (Wildman–Crippen MR) is 79.6 cm³/mol. The van der Waals surface area contributed by atoms with Crippen molar-refractivity contribution in [1.82, 2.24) is 9.78 Å². The van der Waals surface area contributed by atoms with Crippen LogP contribution in [-0.4, -0.2) is 21.8 Å². The maximum Gasteiger partial charge on any atom is 0.273 e. The number of nitro benzene ring substituents is 1. The molecule has 112 valence electrons. The van der Waals surface area contributed by atoms with Crippen molar-refractivity contribution in [2.45, 2.75) is 19.9 Å². The van der Waals surface area contributed by atoms with Crippen LogP contribution >= 0.6 is 0 Å². The van der Waals surface area contributed by atoms with Crippen molar-refractivity contribution in [1.29, 1.82) is 0 Å². The zero-order valence-corrected chi connectivity index (χ0v) is 12.3. The van der Waals surface area contributed by atoms with Gasteiger partial charge in [-0.2, -0.15) is 5.10 Å². The first-order chi connectivity index (χ1) is 10.0. The van der Waals surface area contributed by atoms with Crippen molar-refractivity contribution >= 4 is 11.4 Å². The molecule has 2 aromatic rings. The van der Waals surface area contributed by atoms with E-state index >= 15 is 0 Å². The Bertz CT molecular complexity index is 652. The van der Waals surface area contributed by atoms with Gasteiger partial charge in [-0.25, -0.2) is 0 Å². The summed E-state index contributed by atoms with van der Waals surface area (Å²) in [5.74, 6) is 0.475. The zero-order chi connectivity index (χ0) is 15.4. The van der Waals surface area contributed by atoms with Crippen molar-refractivity contribution in [3.8, 4) is 5.75 Å². The molecule has 0 unspecified atom stereocenters. The fraction of sp³-hybridized carbons (Fsp3) is 0.357. The topological polar surface area (TPSA) is 82.2 Å². The number of non-ortho nitro benzene ring substituents is 1. The van der Waals surface area contributed by atoms with E-state index in [-0.39, 0.29) is 5.69 Å². The van der Waals surface area contributed by atoms with Gasteiger partial charge in [-0.3, -0.25) is 14.8 Å². The second-order valence-electron chi connectivity index (χ2n) is 4.67. The largest absolute Gasteiger partial charge is 0.496 e. The van der Waals surface area contributed by atoms with E-state index in [4.69, 9.17) is 4.74 Å². The van der Waals surface area contributed by atoms with Gasteiger partial charge in [-0.05, 0) is 18.1 Å². The molecule has 0 saturated heterocycles. The minimum atomic E-state index is -0.423. The van der Waals surface area contributed by atoms with Crippen molar-refractivity contribution in [3.63, 3.8) is 0 Å². The van der Waals surface area contributed by atoms with Crippen molar-refractivity contribution < 1.29 is 9.66 Å². The van der Waals surface area contributed by atoms with Crippen molar-refractivity contribution in [2.75, 3.05) is 12.4 Å². The van der Waals surface area contributed by atoms with E-state index in [1.165, 1.54) is 19.2 Å². The number of ether oxygens (including phenoxy) is 1. The zero-order valence-electron chi connectivity index (χ0n) is 12.3. The first-order valence-corrected chi connectivity index (χ1v) is 6.62. The number of benzene rings is 1. The predicted octanol–water partition coefficient (Wildman–Crippen LogP) is 2.51. The first-order valence-electron chi connectivity index (χ1n) is 6.62. The summed E-state index contributed by atoms with van der Waals surface area (Å²) in [6.07, 6.45) is 2.72. The summed E-state index contributed by atoms with van der Waals surface area (Å²) < 4.78 is 6.84. The Morgan fingerprint density at radius 1 is 1.43 bits per heavy atom. The molecule has 1 heterocycles. The molecular weight excluding hydrogens is 272 g/mol. The van der Waals surface area contributed by atoms with Gasteiger partial charge in [0.1, 0.15) is 5.75 Å². The Balaban J connectivity index is 2.19. The van der Waals surface area contributed by atoms with Crippen LogP contribution in [0.15, 0.2) is 24.4 Å². The molecule has 0 aliphatic rings. The SMILES string of the molecule is CCc1nn(C)cc1NCc1cc(OC)cc([N+](=O)[O-])c1. The van der Waals surface area contributed by atoms with Crippen LogP contribution in [0.5, 0.6) is 5.75 Å². The van der Waals surface area contributed by atoms with E-state index in [0.29, 0.717) is 12.3 Å². The number of aryl methyl sites for hydroxylation is 2. The normalized spacial score (nSPS) is 10.4. The fourth-order valence-corrected chi connectivity index (χ4v) is 2.11. The minimum absolute atomic E-state index is 0.0213. The van der Waals surface area contributed by atoms with Gasteiger partial charge in [0.15, 0.2) is 0 Å². The maximum absolute atomic E-state index is 10.9. The molecule has 0 atom stereocenters. The second kappa shape index (κ2) is 6.25. The highest BCUT2D eigenvalue weighted by atomic mass is 16.6. The molecule has 0 saturated carbocycles. The lowest BCUT2D eigenvalue weighted by molar-refractivity contribution is -0.385. The summed E-state index contributed by atoms with van der Waals surface area (Å²) >= 11 is 0. The molecule has 1 N–H and O–H groups in total. The third-order valence-electron chi connectivity index (χ3n) is 3.12. The fourth-order valence-electron chi connectivity index (χ4n) is 2.11. The summed E-state index contributed by atoms with van der Waals surface area (Å²) in [7, 11) is 3.35. The number of methoxy groups -OCH3 is 1. The number of nitrogens with one attached hydrogen (secondary N) is 1. The average molecular weight is 290 g/mol. The van der Waals surface area contributed by atoms with E-state index < -0.39 is 4.92 Å². The van der Waals surface area contributed by atoms with Crippen LogP contribution in [0.4, 0.5) is 11.4 Å². The standard InChI is InChI=1S/C14H18N4O3/c1-4-13-14(9-17(2)16-13)15-8-10-5-11(18(19)20)7-12(6-10)21-3/h5-7,9,15H,4,8H2,1-3H3. The monoisotopic (exact) mass is 290 g/mol. The van der Waals surface area contributed by atoms with Crippen LogP contribution in [0.3, 0.4) is 0 Å².